The average Bonchev–Trinajstić information content (AvgIpc) is 2.31. The molecule has 0 aliphatic carbocycles. The van der Waals surface area contributed by atoms with Gasteiger partial charge in [-0.2, -0.15) is 5.26 Å². The Morgan fingerprint density at radius 1 is 1.61 bits per heavy atom. The highest BCUT2D eigenvalue weighted by molar-refractivity contribution is 14.1. The molecule has 0 atom stereocenters. The molecule has 0 saturated heterocycles. The van der Waals surface area contributed by atoms with Crippen LogP contribution in [0.3, 0.4) is 0 Å². The number of nitro groups is 1. The zero-order valence-corrected chi connectivity index (χ0v) is 11.6. The Hall–Kier alpha value is -1.69. The Labute approximate surface area is 117 Å². The first kappa shape index (κ1) is 14.4. The molecular weight excluding hydrogens is 351 g/mol. The van der Waals surface area contributed by atoms with E-state index in [-0.39, 0.29) is 24.3 Å². The monoisotopic (exact) mass is 360 g/mol. The molecule has 0 aliphatic rings. The second-order valence-corrected chi connectivity index (χ2v) is 4.47. The second-order valence-electron chi connectivity index (χ2n) is 3.31. The predicted molar refractivity (Wildman–Crippen MR) is 70.9 cm³/mol. The summed E-state index contributed by atoms with van der Waals surface area (Å²) in [5.74, 6) is -0.450. The van der Waals surface area contributed by atoms with Crippen molar-refractivity contribution in [1.29, 1.82) is 5.26 Å². The van der Waals surface area contributed by atoms with E-state index >= 15 is 0 Å². The summed E-state index contributed by atoms with van der Waals surface area (Å²) in [6.07, 6.45) is -0.0430. The summed E-state index contributed by atoms with van der Waals surface area (Å²) < 4.78 is 5.41. The molecular formula is C11H9IN2O4. The summed E-state index contributed by atoms with van der Waals surface area (Å²) in [5.41, 5.74) is 0.175. The number of carbonyl (C=O) groups excluding carboxylic acids is 1. The van der Waals surface area contributed by atoms with Gasteiger partial charge in [0.15, 0.2) is 0 Å². The van der Waals surface area contributed by atoms with Gasteiger partial charge in [0.05, 0.1) is 18.0 Å². The highest BCUT2D eigenvalue weighted by atomic mass is 127. The maximum Gasteiger partial charge on any atom is 0.310 e. The largest absolute Gasteiger partial charge is 0.466 e. The van der Waals surface area contributed by atoms with E-state index in [1.807, 2.05) is 22.6 Å². The van der Waals surface area contributed by atoms with Crippen molar-refractivity contribution in [1.82, 2.24) is 0 Å². The fourth-order valence-corrected chi connectivity index (χ4v) is 2.01. The Balaban J connectivity index is 3.14. The Morgan fingerprint density at radius 2 is 2.28 bits per heavy atom. The van der Waals surface area contributed by atoms with Crippen molar-refractivity contribution < 1.29 is 14.5 Å². The van der Waals surface area contributed by atoms with E-state index in [4.69, 9.17) is 10.00 Å². The van der Waals surface area contributed by atoms with Crippen LogP contribution in [0.25, 0.3) is 0 Å². The summed E-state index contributed by atoms with van der Waals surface area (Å²) in [4.78, 5) is 21.5. The van der Waals surface area contributed by atoms with Crippen molar-refractivity contribution in [2.24, 2.45) is 0 Å². The van der Waals surface area contributed by atoms with Gasteiger partial charge in [0.1, 0.15) is 11.6 Å². The van der Waals surface area contributed by atoms with Gasteiger partial charge in [0, 0.05) is 9.64 Å². The third kappa shape index (κ3) is 3.40. The number of halogens is 1. The molecule has 0 N–H and O–H groups in total. The van der Waals surface area contributed by atoms with Gasteiger partial charge in [-0.3, -0.25) is 14.9 Å². The molecule has 7 heteroatoms. The number of hydrogen-bond donors (Lipinski definition) is 0. The van der Waals surface area contributed by atoms with Gasteiger partial charge in [0.25, 0.3) is 5.69 Å². The lowest BCUT2D eigenvalue weighted by atomic mass is 10.1. The molecule has 0 aromatic heterocycles. The topological polar surface area (TPSA) is 93.2 Å². The molecule has 94 valence electrons. The van der Waals surface area contributed by atoms with Gasteiger partial charge < -0.3 is 4.74 Å². The summed E-state index contributed by atoms with van der Waals surface area (Å²) in [6.45, 7) is 1.94. The zero-order chi connectivity index (χ0) is 13.7. The SMILES string of the molecule is CCOC(=O)Cc1cc([N+](=O)[O-])c(C#N)cc1I. The zero-order valence-electron chi connectivity index (χ0n) is 9.47. The molecule has 0 spiro atoms. The number of ether oxygens (including phenoxy) is 1. The van der Waals surface area contributed by atoms with Crippen molar-refractivity contribution in [2.45, 2.75) is 13.3 Å². The summed E-state index contributed by atoms with van der Waals surface area (Å²) in [6, 6.07) is 4.40. The fourth-order valence-electron chi connectivity index (χ4n) is 1.35. The highest BCUT2D eigenvalue weighted by Gasteiger charge is 2.18. The van der Waals surface area contributed by atoms with E-state index in [2.05, 4.69) is 0 Å². The van der Waals surface area contributed by atoms with Crippen LogP contribution in [0.2, 0.25) is 0 Å². The minimum Gasteiger partial charge on any atom is -0.466 e. The number of nitrogens with zero attached hydrogens (tertiary/aromatic N) is 2. The van der Waals surface area contributed by atoms with Crippen LogP contribution in [-0.2, 0) is 16.0 Å². The van der Waals surface area contributed by atoms with Gasteiger partial charge in [0.2, 0.25) is 0 Å². The van der Waals surface area contributed by atoms with E-state index in [9.17, 15) is 14.9 Å². The molecule has 0 bridgehead atoms. The van der Waals surface area contributed by atoms with Gasteiger partial charge in [-0.15, -0.1) is 0 Å². The van der Waals surface area contributed by atoms with Crippen LogP contribution < -0.4 is 0 Å². The van der Waals surface area contributed by atoms with Crippen LogP contribution in [-0.4, -0.2) is 17.5 Å². The maximum absolute atomic E-state index is 11.3. The highest BCUT2D eigenvalue weighted by Crippen LogP contribution is 2.25. The first-order valence-electron chi connectivity index (χ1n) is 5.02. The molecule has 0 fully saturated rings. The fraction of sp³-hybridized carbons (Fsp3) is 0.273. The van der Waals surface area contributed by atoms with Crippen molar-refractivity contribution >= 4 is 34.2 Å². The van der Waals surface area contributed by atoms with E-state index in [0.717, 1.165) is 0 Å². The van der Waals surface area contributed by atoms with Crippen LogP contribution in [0.4, 0.5) is 5.69 Å². The number of benzene rings is 1. The van der Waals surface area contributed by atoms with E-state index in [1.165, 1.54) is 12.1 Å². The van der Waals surface area contributed by atoms with Gasteiger partial charge >= 0.3 is 5.97 Å². The maximum atomic E-state index is 11.3. The average molecular weight is 360 g/mol. The van der Waals surface area contributed by atoms with Crippen LogP contribution in [0.15, 0.2) is 12.1 Å². The smallest absolute Gasteiger partial charge is 0.310 e. The second kappa shape index (κ2) is 6.30. The lowest BCUT2D eigenvalue weighted by molar-refractivity contribution is -0.385. The molecule has 0 unspecified atom stereocenters. The van der Waals surface area contributed by atoms with Crippen LogP contribution in [0.5, 0.6) is 0 Å². The molecule has 1 rings (SSSR count). The van der Waals surface area contributed by atoms with Crippen molar-refractivity contribution in [2.75, 3.05) is 6.61 Å². The molecule has 0 heterocycles. The van der Waals surface area contributed by atoms with Crippen LogP contribution >= 0.6 is 22.6 Å². The normalized spacial score (nSPS) is 9.61. The van der Waals surface area contributed by atoms with Crippen molar-refractivity contribution in [3.63, 3.8) is 0 Å². The lowest BCUT2D eigenvalue weighted by Gasteiger charge is -2.05. The third-order valence-electron chi connectivity index (χ3n) is 2.12. The first-order chi connectivity index (χ1) is 8.49. The number of nitro benzene ring substituents is 1. The standard InChI is InChI=1S/C11H9IN2O4/c1-2-18-11(15)5-7-4-10(14(16)17)8(6-13)3-9(7)12/h3-4H,2,5H2,1H3. The van der Waals surface area contributed by atoms with Crippen LogP contribution in [0, 0.1) is 25.0 Å². The number of nitriles is 1. The lowest BCUT2D eigenvalue weighted by Crippen LogP contribution is -2.09. The van der Waals surface area contributed by atoms with Crippen molar-refractivity contribution in [3.8, 4) is 6.07 Å². The summed E-state index contributed by atoms with van der Waals surface area (Å²) in [7, 11) is 0. The summed E-state index contributed by atoms with van der Waals surface area (Å²) >= 11 is 1.93. The minimum atomic E-state index is -0.636. The first-order valence-corrected chi connectivity index (χ1v) is 6.10. The number of carbonyl (C=O) groups is 1. The van der Waals surface area contributed by atoms with Gasteiger partial charge in [-0.1, -0.05) is 0 Å². The quantitative estimate of drug-likeness (QED) is 0.355. The molecule has 0 saturated carbocycles. The van der Waals surface area contributed by atoms with Crippen LogP contribution in [0.1, 0.15) is 18.1 Å². The third-order valence-corrected chi connectivity index (χ3v) is 3.13. The molecule has 1 aromatic rings. The number of hydrogen-bond acceptors (Lipinski definition) is 5. The predicted octanol–water partition coefficient (Wildman–Crippen LogP) is 2.18. The van der Waals surface area contributed by atoms with Gasteiger partial charge in [-0.25, -0.2) is 0 Å². The molecule has 18 heavy (non-hydrogen) atoms. The van der Waals surface area contributed by atoms with E-state index in [1.54, 1.807) is 13.0 Å². The molecule has 6 nitrogen and oxygen atoms in total. The Bertz CT molecular complexity index is 537. The van der Waals surface area contributed by atoms with E-state index in [0.29, 0.717) is 9.13 Å². The molecule has 0 radical (unpaired) electrons. The molecule has 0 amide bonds. The molecule has 1 aromatic carbocycles. The molecule has 0 aliphatic heterocycles. The number of rotatable bonds is 4. The summed E-state index contributed by atoms with van der Waals surface area (Å²) in [5, 5.41) is 19.6. The number of esters is 1. The van der Waals surface area contributed by atoms with E-state index < -0.39 is 10.9 Å². The Morgan fingerprint density at radius 3 is 2.78 bits per heavy atom. The Kier molecular flexibility index (Phi) is 5.03. The minimum absolute atomic E-state index is 0.0167. The van der Waals surface area contributed by atoms with Gasteiger partial charge in [-0.05, 0) is 41.1 Å². The van der Waals surface area contributed by atoms with Crippen molar-refractivity contribution in [3.05, 3.63) is 36.9 Å².